The first-order chi connectivity index (χ1) is 11.5. The molecule has 7 heteroatoms. The van der Waals surface area contributed by atoms with Gasteiger partial charge in [-0.2, -0.15) is 0 Å². The third kappa shape index (κ3) is 4.30. The van der Waals surface area contributed by atoms with Gasteiger partial charge in [-0.25, -0.2) is 0 Å². The Kier molecular flexibility index (Phi) is 5.86. The van der Waals surface area contributed by atoms with E-state index in [4.69, 9.17) is 10.8 Å². The van der Waals surface area contributed by atoms with Gasteiger partial charge in [0.1, 0.15) is 11.7 Å². The molecule has 0 spiro atoms. The number of rotatable bonds is 8. The van der Waals surface area contributed by atoms with Crippen molar-refractivity contribution in [1.29, 1.82) is 0 Å². The fourth-order valence-electron chi connectivity index (χ4n) is 2.40. The van der Waals surface area contributed by atoms with E-state index >= 15 is 0 Å². The molecule has 0 aromatic heterocycles. The summed E-state index contributed by atoms with van der Waals surface area (Å²) in [5, 5.41) is 23.1. The van der Waals surface area contributed by atoms with Crippen molar-refractivity contribution in [1.82, 2.24) is 0 Å². The first kappa shape index (κ1) is 17.4. The van der Waals surface area contributed by atoms with Gasteiger partial charge < -0.3 is 16.2 Å². The maximum Gasteiger partial charge on any atom is 0.320 e. The summed E-state index contributed by atoms with van der Waals surface area (Å²) in [7, 11) is 0. The quantitative estimate of drug-likeness (QED) is 0.389. The van der Waals surface area contributed by atoms with Gasteiger partial charge in [0.2, 0.25) is 0 Å². The molecule has 7 nitrogen and oxygen atoms in total. The number of nitrogens with zero attached hydrogens (tertiary/aromatic N) is 1. The van der Waals surface area contributed by atoms with E-state index in [-0.39, 0.29) is 5.69 Å². The van der Waals surface area contributed by atoms with Crippen LogP contribution in [0, 0.1) is 10.1 Å². The van der Waals surface area contributed by atoms with E-state index in [1.807, 2.05) is 36.4 Å². The Labute approximate surface area is 139 Å². The Balaban J connectivity index is 2.20. The van der Waals surface area contributed by atoms with Crippen LogP contribution in [0.2, 0.25) is 0 Å². The number of nitro benzene ring substituents is 1. The summed E-state index contributed by atoms with van der Waals surface area (Å²) >= 11 is 0. The van der Waals surface area contributed by atoms with Crippen LogP contribution in [0.15, 0.2) is 48.5 Å². The highest BCUT2D eigenvalue weighted by Gasteiger charge is 2.18. The van der Waals surface area contributed by atoms with Crippen molar-refractivity contribution >= 4 is 17.3 Å². The molecular formula is C17H19N3O4. The molecule has 0 heterocycles. The van der Waals surface area contributed by atoms with E-state index in [0.29, 0.717) is 25.1 Å². The van der Waals surface area contributed by atoms with Crippen LogP contribution in [0.4, 0.5) is 11.4 Å². The molecule has 0 bridgehead atoms. The van der Waals surface area contributed by atoms with Gasteiger partial charge in [-0.05, 0) is 18.4 Å². The van der Waals surface area contributed by atoms with Crippen molar-refractivity contribution < 1.29 is 14.8 Å². The predicted molar refractivity (Wildman–Crippen MR) is 91.9 cm³/mol. The minimum atomic E-state index is -1.05. The van der Waals surface area contributed by atoms with Gasteiger partial charge in [-0.3, -0.25) is 14.9 Å². The second-order valence-corrected chi connectivity index (χ2v) is 5.34. The van der Waals surface area contributed by atoms with Gasteiger partial charge in [0.25, 0.3) is 5.69 Å². The van der Waals surface area contributed by atoms with Gasteiger partial charge in [-0.1, -0.05) is 42.5 Å². The lowest BCUT2D eigenvalue weighted by Gasteiger charge is -2.13. The zero-order valence-electron chi connectivity index (χ0n) is 13.0. The Morgan fingerprint density at radius 2 is 1.92 bits per heavy atom. The van der Waals surface area contributed by atoms with Crippen LogP contribution in [0.5, 0.6) is 0 Å². The number of nitro groups is 1. The number of para-hydroxylation sites is 1. The maximum atomic E-state index is 11.3. The molecule has 0 radical (unpaired) electrons. The number of benzene rings is 2. The van der Waals surface area contributed by atoms with Crippen LogP contribution in [-0.2, 0) is 4.79 Å². The second kappa shape index (κ2) is 8.07. The standard InChI is InChI=1S/C17H19N3O4/c18-14(17(21)22)9-5-11-19-16-13(12-6-2-1-3-7-12)8-4-10-15(16)20(23)24/h1-4,6-8,10,14,19H,5,9,11,18H2,(H,21,22)/t14-/m0/s1. The van der Waals surface area contributed by atoms with Crippen molar-refractivity contribution in [2.24, 2.45) is 5.73 Å². The predicted octanol–water partition coefficient (Wildman–Crippen LogP) is 2.87. The monoisotopic (exact) mass is 329 g/mol. The number of hydrogen-bond donors (Lipinski definition) is 3. The Hall–Kier alpha value is -2.93. The van der Waals surface area contributed by atoms with Crippen LogP contribution in [-0.4, -0.2) is 28.6 Å². The number of nitrogens with two attached hydrogens (primary N) is 1. The van der Waals surface area contributed by atoms with Gasteiger partial charge in [0, 0.05) is 18.2 Å². The SMILES string of the molecule is N[C@@H](CCCNc1c(-c2ccccc2)cccc1[N+](=O)[O-])C(=O)O. The van der Waals surface area contributed by atoms with Crippen LogP contribution < -0.4 is 11.1 Å². The smallest absolute Gasteiger partial charge is 0.320 e. The van der Waals surface area contributed by atoms with Gasteiger partial charge >= 0.3 is 5.97 Å². The highest BCUT2D eigenvalue weighted by molar-refractivity contribution is 5.84. The molecule has 0 saturated carbocycles. The Bertz CT molecular complexity index is 719. The fourth-order valence-corrected chi connectivity index (χ4v) is 2.40. The number of carboxylic acid groups (broad SMARTS) is 1. The topological polar surface area (TPSA) is 118 Å². The Morgan fingerprint density at radius 1 is 1.21 bits per heavy atom. The first-order valence-corrected chi connectivity index (χ1v) is 7.55. The summed E-state index contributed by atoms with van der Waals surface area (Å²) in [6.45, 7) is 0.395. The van der Waals surface area contributed by atoms with E-state index in [0.717, 1.165) is 11.1 Å². The van der Waals surface area contributed by atoms with Crippen molar-refractivity contribution in [3.05, 3.63) is 58.6 Å². The van der Waals surface area contributed by atoms with Crippen molar-refractivity contribution in [3.8, 4) is 11.1 Å². The average Bonchev–Trinajstić information content (AvgIpc) is 2.58. The van der Waals surface area contributed by atoms with E-state index in [9.17, 15) is 14.9 Å². The molecule has 1 atom stereocenters. The lowest BCUT2D eigenvalue weighted by atomic mass is 10.0. The lowest BCUT2D eigenvalue weighted by molar-refractivity contribution is -0.383. The third-order valence-electron chi connectivity index (χ3n) is 3.63. The summed E-state index contributed by atoms with van der Waals surface area (Å²) in [5.74, 6) is -1.05. The third-order valence-corrected chi connectivity index (χ3v) is 3.63. The van der Waals surface area contributed by atoms with Crippen LogP contribution >= 0.6 is 0 Å². The molecule has 126 valence electrons. The van der Waals surface area contributed by atoms with E-state index in [2.05, 4.69) is 5.32 Å². The number of carbonyl (C=O) groups is 1. The largest absolute Gasteiger partial charge is 0.480 e. The summed E-state index contributed by atoms with van der Waals surface area (Å²) in [6, 6.07) is 13.3. The van der Waals surface area contributed by atoms with Crippen LogP contribution in [0.25, 0.3) is 11.1 Å². The van der Waals surface area contributed by atoms with Crippen molar-refractivity contribution in [2.45, 2.75) is 18.9 Å². The second-order valence-electron chi connectivity index (χ2n) is 5.34. The zero-order valence-corrected chi connectivity index (χ0v) is 13.0. The summed E-state index contributed by atoms with van der Waals surface area (Å²) in [5.41, 5.74) is 7.47. The summed E-state index contributed by atoms with van der Waals surface area (Å²) in [6.07, 6.45) is 0.789. The highest BCUT2D eigenvalue weighted by atomic mass is 16.6. The molecule has 0 aliphatic carbocycles. The number of anilines is 1. The number of aliphatic carboxylic acids is 1. The van der Waals surface area contributed by atoms with Crippen LogP contribution in [0.3, 0.4) is 0 Å². The minimum absolute atomic E-state index is 0.0149. The van der Waals surface area contributed by atoms with Gasteiger partial charge in [0.05, 0.1) is 4.92 Å². The van der Waals surface area contributed by atoms with E-state index in [1.165, 1.54) is 6.07 Å². The molecule has 4 N–H and O–H groups in total. The summed E-state index contributed by atoms with van der Waals surface area (Å²) in [4.78, 5) is 21.6. The molecule has 24 heavy (non-hydrogen) atoms. The zero-order chi connectivity index (χ0) is 17.5. The van der Waals surface area contributed by atoms with E-state index in [1.54, 1.807) is 6.07 Å². The molecule has 0 amide bonds. The lowest BCUT2D eigenvalue weighted by Crippen LogP contribution is -2.30. The molecule has 0 aliphatic heterocycles. The fraction of sp³-hybridized carbons (Fsp3) is 0.235. The molecule has 0 fully saturated rings. The molecule has 2 aromatic rings. The molecule has 2 rings (SSSR count). The first-order valence-electron chi connectivity index (χ1n) is 7.55. The van der Waals surface area contributed by atoms with Crippen molar-refractivity contribution in [2.75, 3.05) is 11.9 Å². The molecule has 0 unspecified atom stereocenters. The van der Waals surface area contributed by atoms with Crippen molar-refractivity contribution in [3.63, 3.8) is 0 Å². The average molecular weight is 329 g/mol. The van der Waals surface area contributed by atoms with Gasteiger partial charge in [0.15, 0.2) is 0 Å². The highest BCUT2D eigenvalue weighted by Crippen LogP contribution is 2.35. The number of nitrogens with one attached hydrogen (secondary N) is 1. The minimum Gasteiger partial charge on any atom is -0.480 e. The summed E-state index contributed by atoms with van der Waals surface area (Å²) < 4.78 is 0. The molecule has 2 aromatic carbocycles. The molecule has 0 aliphatic rings. The van der Waals surface area contributed by atoms with E-state index < -0.39 is 16.9 Å². The van der Waals surface area contributed by atoms with Crippen LogP contribution in [0.1, 0.15) is 12.8 Å². The normalized spacial score (nSPS) is 11.7. The Morgan fingerprint density at radius 3 is 2.54 bits per heavy atom. The number of hydrogen-bond acceptors (Lipinski definition) is 5. The molecule has 0 saturated heterocycles. The maximum absolute atomic E-state index is 11.3. The molecular weight excluding hydrogens is 310 g/mol. The number of carboxylic acids is 1. The van der Waals surface area contributed by atoms with Gasteiger partial charge in [-0.15, -0.1) is 0 Å².